The molecule has 1 aromatic heterocycles. The third kappa shape index (κ3) is 4.60. The summed E-state index contributed by atoms with van der Waals surface area (Å²) in [5.41, 5.74) is 5.72. The molecule has 1 aromatic rings. The van der Waals surface area contributed by atoms with Crippen LogP contribution in [0.2, 0.25) is 0 Å². The van der Waals surface area contributed by atoms with E-state index in [2.05, 4.69) is 15.0 Å². The maximum Gasteiger partial charge on any atom is 0.328 e. The number of hydrogen-bond donors (Lipinski definition) is 2. The fraction of sp³-hybridized carbons (Fsp3) is 0.583. The summed E-state index contributed by atoms with van der Waals surface area (Å²) in [6, 6.07) is -0.652. The number of thiazole rings is 1. The summed E-state index contributed by atoms with van der Waals surface area (Å²) >= 11 is 1.32. The number of ether oxygens (including phenoxy) is 1. The van der Waals surface area contributed by atoms with Crippen molar-refractivity contribution in [1.29, 1.82) is 0 Å². The standard InChI is InChI=1S/C12H19N3O3S/c1-7(2)4-8(12(17)18-3)15-11(16)9-6-19-10(5-13)14-9/h6-8H,4-5,13H2,1-3H3,(H,15,16)/t8-/m0/s1. The van der Waals surface area contributed by atoms with Crippen LogP contribution in [0.25, 0.3) is 0 Å². The minimum absolute atomic E-state index is 0.263. The molecule has 1 amide bonds. The van der Waals surface area contributed by atoms with Crippen LogP contribution in [0.15, 0.2) is 5.38 Å². The number of amides is 1. The van der Waals surface area contributed by atoms with Crippen molar-refractivity contribution in [2.24, 2.45) is 11.7 Å². The van der Waals surface area contributed by atoms with Crippen molar-refractivity contribution in [1.82, 2.24) is 10.3 Å². The van der Waals surface area contributed by atoms with Gasteiger partial charge >= 0.3 is 5.97 Å². The summed E-state index contributed by atoms with van der Waals surface area (Å²) in [7, 11) is 1.30. The highest BCUT2D eigenvalue weighted by molar-refractivity contribution is 7.09. The molecule has 0 radical (unpaired) electrons. The van der Waals surface area contributed by atoms with E-state index >= 15 is 0 Å². The molecule has 3 N–H and O–H groups in total. The van der Waals surface area contributed by atoms with E-state index in [1.165, 1.54) is 18.4 Å². The van der Waals surface area contributed by atoms with Gasteiger partial charge in [-0.05, 0) is 12.3 Å². The molecule has 0 unspecified atom stereocenters. The Balaban J connectivity index is 2.72. The van der Waals surface area contributed by atoms with E-state index in [4.69, 9.17) is 5.73 Å². The molecule has 0 aliphatic heterocycles. The smallest absolute Gasteiger partial charge is 0.328 e. The molecular weight excluding hydrogens is 266 g/mol. The molecule has 0 fully saturated rings. The van der Waals surface area contributed by atoms with Gasteiger partial charge in [0.1, 0.15) is 16.7 Å². The fourth-order valence-electron chi connectivity index (χ4n) is 1.57. The summed E-state index contributed by atoms with van der Waals surface area (Å²) in [6.07, 6.45) is 0.520. The largest absolute Gasteiger partial charge is 0.467 e. The van der Waals surface area contributed by atoms with Gasteiger partial charge in [-0.2, -0.15) is 0 Å². The van der Waals surface area contributed by atoms with Crippen LogP contribution in [-0.2, 0) is 16.1 Å². The lowest BCUT2D eigenvalue weighted by Gasteiger charge is -2.17. The zero-order valence-electron chi connectivity index (χ0n) is 11.3. The lowest BCUT2D eigenvalue weighted by Crippen LogP contribution is -2.42. The number of nitrogens with one attached hydrogen (secondary N) is 1. The van der Waals surface area contributed by atoms with Crippen molar-refractivity contribution in [2.75, 3.05) is 7.11 Å². The average molecular weight is 285 g/mol. The van der Waals surface area contributed by atoms with E-state index < -0.39 is 12.0 Å². The molecule has 0 saturated heterocycles. The molecule has 6 nitrogen and oxygen atoms in total. The lowest BCUT2D eigenvalue weighted by molar-refractivity contribution is -0.143. The number of rotatable bonds is 6. The van der Waals surface area contributed by atoms with Crippen LogP contribution >= 0.6 is 11.3 Å². The van der Waals surface area contributed by atoms with E-state index in [1.807, 2.05) is 13.8 Å². The number of nitrogens with zero attached hydrogens (tertiary/aromatic N) is 1. The molecule has 1 atom stereocenters. The number of carbonyl (C=O) groups excluding carboxylic acids is 2. The monoisotopic (exact) mass is 285 g/mol. The first-order valence-electron chi connectivity index (χ1n) is 6.01. The predicted octanol–water partition coefficient (Wildman–Crippen LogP) is 0.919. The third-order valence-corrected chi connectivity index (χ3v) is 3.33. The van der Waals surface area contributed by atoms with Crippen LogP contribution in [-0.4, -0.2) is 30.0 Å². The van der Waals surface area contributed by atoms with Crippen LogP contribution in [0.5, 0.6) is 0 Å². The van der Waals surface area contributed by atoms with E-state index in [0.29, 0.717) is 18.0 Å². The number of nitrogens with two attached hydrogens (primary N) is 1. The summed E-state index contributed by atoms with van der Waals surface area (Å²) in [6.45, 7) is 4.24. The van der Waals surface area contributed by atoms with Crippen molar-refractivity contribution in [3.63, 3.8) is 0 Å². The van der Waals surface area contributed by atoms with Gasteiger partial charge in [-0.15, -0.1) is 11.3 Å². The second-order valence-corrected chi connectivity index (χ2v) is 5.45. The van der Waals surface area contributed by atoms with E-state index in [-0.39, 0.29) is 17.5 Å². The summed E-state index contributed by atoms with van der Waals surface area (Å²) in [4.78, 5) is 27.6. The predicted molar refractivity (Wildman–Crippen MR) is 72.7 cm³/mol. The minimum atomic E-state index is -0.652. The Morgan fingerprint density at radius 3 is 2.68 bits per heavy atom. The third-order valence-electron chi connectivity index (χ3n) is 2.46. The van der Waals surface area contributed by atoms with E-state index in [0.717, 1.165) is 0 Å². The Kier molecular flexibility index (Phi) is 5.91. The molecule has 0 aromatic carbocycles. The molecule has 19 heavy (non-hydrogen) atoms. The molecule has 0 bridgehead atoms. The van der Waals surface area contributed by atoms with Crippen LogP contribution in [0, 0.1) is 5.92 Å². The summed E-state index contributed by atoms with van der Waals surface area (Å²) in [5.74, 6) is -0.567. The first-order chi connectivity index (χ1) is 8.97. The average Bonchev–Trinajstić information content (AvgIpc) is 2.85. The molecule has 7 heteroatoms. The van der Waals surface area contributed by atoms with Gasteiger partial charge in [0.2, 0.25) is 0 Å². The van der Waals surface area contributed by atoms with Gasteiger partial charge in [0.25, 0.3) is 5.91 Å². The van der Waals surface area contributed by atoms with Gasteiger partial charge in [0.05, 0.1) is 7.11 Å². The van der Waals surface area contributed by atoms with Crippen LogP contribution in [0.3, 0.4) is 0 Å². The number of aromatic nitrogens is 1. The molecule has 0 aliphatic rings. The topological polar surface area (TPSA) is 94.3 Å². The van der Waals surface area contributed by atoms with Crippen LogP contribution in [0.1, 0.15) is 35.8 Å². The Morgan fingerprint density at radius 2 is 2.21 bits per heavy atom. The number of methoxy groups -OCH3 is 1. The number of esters is 1. The second-order valence-electron chi connectivity index (χ2n) is 4.51. The maximum atomic E-state index is 12.0. The van der Waals surface area contributed by atoms with Gasteiger partial charge in [0, 0.05) is 11.9 Å². The van der Waals surface area contributed by atoms with Crippen molar-refractivity contribution in [3.05, 3.63) is 16.1 Å². The van der Waals surface area contributed by atoms with Crippen molar-refractivity contribution < 1.29 is 14.3 Å². The normalized spacial score (nSPS) is 12.3. The Hall–Kier alpha value is -1.47. The van der Waals surface area contributed by atoms with Gasteiger partial charge in [0.15, 0.2) is 0 Å². The molecule has 0 saturated carbocycles. The van der Waals surface area contributed by atoms with Gasteiger partial charge in [-0.1, -0.05) is 13.8 Å². The van der Waals surface area contributed by atoms with E-state index in [1.54, 1.807) is 5.38 Å². The number of carbonyl (C=O) groups is 2. The summed E-state index contributed by atoms with van der Waals surface area (Å²) < 4.78 is 4.68. The minimum Gasteiger partial charge on any atom is -0.467 e. The second kappa shape index (κ2) is 7.20. The van der Waals surface area contributed by atoms with Crippen LogP contribution in [0.4, 0.5) is 0 Å². The molecule has 0 spiro atoms. The first kappa shape index (κ1) is 15.6. The molecule has 106 valence electrons. The molecule has 1 rings (SSSR count). The Labute approximate surface area is 116 Å². The molecule has 1 heterocycles. The van der Waals surface area contributed by atoms with Crippen molar-refractivity contribution in [3.8, 4) is 0 Å². The number of hydrogen-bond acceptors (Lipinski definition) is 6. The quantitative estimate of drug-likeness (QED) is 0.758. The van der Waals surface area contributed by atoms with E-state index in [9.17, 15) is 9.59 Å². The molecular formula is C12H19N3O3S. The highest BCUT2D eigenvalue weighted by Crippen LogP contribution is 2.11. The van der Waals surface area contributed by atoms with Crippen LogP contribution < -0.4 is 11.1 Å². The zero-order chi connectivity index (χ0) is 14.4. The highest BCUT2D eigenvalue weighted by Gasteiger charge is 2.24. The SMILES string of the molecule is COC(=O)[C@H](CC(C)C)NC(=O)c1csc(CN)n1. The summed E-state index contributed by atoms with van der Waals surface area (Å²) in [5, 5.41) is 4.95. The Morgan fingerprint density at radius 1 is 1.53 bits per heavy atom. The highest BCUT2D eigenvalue weighted by atomic mass is 32.1. The first-order valence-corrected chi connectivity index (χ1v) is 6.89. The molecule has 0 aliphatic carbocycles. The fourth-order valence-corrected chi connectivity index (χ4v) is 2.22. The Bertz CT molecular complexity index is 445. The van der Waals surface area contributed by atoms with Crippen molar-refractivity contribution >= 4 is 23.2 Å². The zero-order valence-corrected chi connectivity index (χ0v) is 12.1. The van der Waals surface area contributed by atoms with Gasteiger partial charge < -0.3 is 15.8 Å². The van der Waals surface area contributed by atoms with Gasteiger partial charge in [-0.25, -0.2) is 9.78 Å². The van der Waals surface area contributed by atoms with Gasteiger partial charge in [-0.3, -0.25) is 4.79 Å². The maximum absolute atomic E-state index is 12.0. The lowest BCUT2D eigenvalue weighted by atomic mass is 10.0. The van der Waals surface area contributed by atoms with Crippen molar-refractivity contribution in [2.45, 2.75) is 32.9 Å².